The molecule has 1 atom stereocenters. The maximum absolute atomic E-state index is 12.7. The number of rotatable bonds is 7. The summed E-state index contributed by atoms with van der Waals surface area (Å²) >= 11 is 0. The van der Waals surface area contributed by atoms with Crippen molar-refractivity contribution >= 4 is 11.9 Å². The number of benzene rings is 1. The van der Waals surface area contributed by atoms with Crippen LogP contribution in [0.25, 0.3) is 0 Å². The summed E-state index contributed by atoms with van der Waals surface area (Å²) in [6.07, 6.45) is -0.0270. The fourth-order valence-corrected chi connectivity index (χ4v) is 1.52. The van der Waals surface area contributed by atoms with E-state index >= 15 is 0 Å². The first-order valence-electron chi connectivity index (χ1n) is 5.96. The van der Waals surface area contributed by atoms with Crippen LogP contribution in [0.5, 0.6) is 0 Å². The smallest absolute Gasteiger partial charge is 0.304 e. The summed E-state index contributed by atoms with van der Waals surface area (Å²) in [5, 5.41) is 13.9. The largest absolute Gasteiger partial charge is 0.481 e. The number of halogens is 1. The molecule has 0 heterocycles. The summed E-state index contributed by atoms with van der Waals surface area (Å²) < 4.78 is 12.7. The van der Waals surface area contributed by atoms with E-state index in [9.17, 15) is 14.0 Å². The lowest BCUT2D eigenvalue weighted by atomic mass is 10.1. The van der Waals surface area contributed by atoms with Crippen molar-refractivity contribution in [3.8, 4) is 0 Å². The van der Waals surface area contributed by atoms with Crippen molar-refractivity contribution in [2.45, 2.75) is 19.4 Å². The summed E-state index contributed by atoms with van der Waals surface area (Å²) in [4.78, 5) is 21.8. The maximum atomic E-state index is 12.7. The van der Waals surface area contributed by atoms with Crippen LogP contribution in [-0.4, -0.2) is 30.1 Å². The van der Waals surface area contributed by atoms with Gasteiger partial charge in [0.1, 0.15) is 5.82 Å². The van der Waals surface area contributed by atoms with Gasteiger partial charge in [-0.05, 0) is 24.6 Å². The molecule has 1 rings (SSSR count). The molecule has 1 unspecified atom stereocenters. The molecular weight excluding hydrogens is 251 g/mol. The van der Waals surface area contributed by atoms with Gasteiger partial charge in [-0.2, -0.15) is 0 Å². The first-order chi connectivity index (χ1) is 8.99. The molecule has 1 aromatic carbocycles. The maximum Gasteiger partial charge on any atom is 0.304 e. The highest BCUT2D eigenvalue weighted by atomic mass is 19.1. The van der Waals surface area contributed by atoms with Crippen LogP contribution in [-0.2, 0) is 9.59 Å². The zero-order chi connectivity index (χ0) is 14.3. The van der Waals surface area contributed by atoms with Crippen LogP contribution in [0.2, 0.25) is 0 Å². The SMILES string of the molecule is CC(NC(=O)CNCCC(=O)O)c1ccc(F)cc1. The monoisotopic (exact) mass is 268 g/mol. The van der Waals surface area contributed by atoms with E-state index in [0.29, 0.717) is 0 Å². The Kier molecular flexibility index (Phi) is 5.95. The van der Waals surface area contributed by atoms with Crippen LogP contribution < -0.4 is 10.6 Å². The number of carbonyl (C=O) groups is 2. The Labute approximate surface area is 110 Å². The van der Waals surface area contributed by atoms with Crippen molar-refractivity contribution in [2.75, 3.05) is 13.1 Å². The van der Waals surface area contributed by atoms with Gasteiger partial charge in [0, 0.05) is 6.54 Å². The second kappa shape index (κ2) is 7.48. The molecule has 6 heteroatoms. The normalized spacial score (nSPS) is 11.9. The third kappa shape index (κ3) is 5.96. The average Bonchev–Trinajstić information content (AvgIpc) is 2.35. The zero-order valence-corrected chi connectivity index (χ0v) is 10.6. The quantitative estimate of drug-likeness (QED) is 0.646. The minimum absolute atomic E-state index is 0.0270. The van der Waals surface area contributed by atoms with E-state index in [1.54, 1.807) is 19.1 Å². The van der Waals surface area contributed by atoms with Gasteiger partial charge in [-0.1, -0.05) is 12.1 Å². The van der Waals surface area contributed by atoms with E-state index in [1.807, 2.05) is 0 Å². The van der Waals surface area contributed by atoms with Gasteiger partial charge in [0.25, 0.3) is 0 Å². The summed E-state index contributed by atoms with van der Waals surface area (Å²) in [6.45, 7) is 2.09. The average molecular weight is 268 g/mol. The molecule has 0 fully saturated rings. The highest BCUT2D eigenvalue weighted by molar-refractivity contribution is 5.78. The minimum atomic E-state index is -0.910. The molecule has 1 aromatic rings. The van der Waals surface area contributed by atoms with Gasteiger partial charge >= 0.3 is 5.97 Å². The van der Waals surface area contributed by atoms with Crippen LogP contribution in [0.4, 0.5) is 4.39 Å². The van der Waals surface area contributed by atoms with Gasteiger partial charge in [0.05, 0.1) is 19.0 Å². The summed E-state index contributed by atoms with van der Waals surface area (Å²) in [6, 6.07) is 5.66. The Bertz CT molecular complexity index is 434. The van der Waals surface area contributed by atoms with Gasteiger partial charge in [-0.15, -0.1) is 0 Å². The van der Waals surface area contributed by atoms with Gasteiger partial charge < -0.3 is 15.7 Å². The first kappa shape index (κ1) is 15.1. The molecule has 0 saturated carbocycles. The molecule has 0 saturated heterocycles. The topological polar surface area (TPSA) is 78.4 Å². The summed E-state index contributed by atoms with van der Waals surface area (Å²) in [5.41, 5.74) is 0.806. The van der Waals surface area contributed by atoms with Gasteiger partial charge in [-0.3, -0.25) is 9.59 Å². The molecule has 5 nitrogen and oxygen atoms in total. The molecule has 0 aliphatic rings. The number of nitrogens with one attached hydrogen (secondary N) is 2. The molecule has 0 spiro atoms. The number of hydrogen-bond donors (Lipinski definition) is 3. The number of hydrogen-bond acceptors (Lipinski definition) is 3. The van der Waals surface area contributed by atoms with Gasteiger partial charge in [0.2, 0.25) is 5.91 Å². The van der Waals surface area contributed by atoms with Crippen LogP contribution in [0.15, 0.2) is 24.3 Å². The second-order valence-corrected chi connectivity index (χ2v) is 4.16. The van der Waals surface area contributed by atoms with Crippen molar-refractivity contribution in [3.05, 3.63) is 35.6 Å². The van der Waals surface area contributed by atoms with Crippen molar-refractivity contribution in [2.24, 2.45) is 0 Å². The van der Waals surface area contributed by atoms with E-state index in [1.165, 1.54) is 12.1 Å². The molecule has 3 N–H and O–H groups in total. The molecule has 104 valence electrons. The molecule has 1 amide bonds. The van der Waals surface area contributed by atoms with Gasteiger partial charge in [0.15, 0.2) is 0 Å². The number of aliphatic carboxylic acids is 1. The van der Waals surface area contributed by atoms with Crippen LogP contribution in [0.3, 0.4) is 0 Å². The Hall–Kier alpha value is -1.95. The fourth-order valence-electron chi connectivity index (χ4n) is 1.52. The Morgan fingerprint density at radius 1 is 1.32 bits per heavy atom. The number of carboxylic acids is 1. The third-order valence-electron chi connectivity index (χ3n) is 2.55. The lowest BCUT2D eigenvalue weighted by Gasteiger charge is -2.14. The van der Waals surface area contributed by atoms with Crippen LogP contribution in [0, 0.1) is 5.82 Å². The van der Waals surface area contributed by atoms with E-state index in [2.05, 4.69) is 10.6 Å². The molecule has 0 aliphatic carbocycles. The highest BCUT2D eigenvalue weighted by Gasteiger charge is 2.09. The lowest BCUT2D eigenvalue weighted by molar-refractivity contribution is -0.137. The lowest BCUT2D eigenvalue weighted by Crippen LogP contribution is -2.36. The third-order valence-corrected chi connectivity index (χ3v) is 2.55. The van der Waals surface area contributed by atoms with Crippen molar-refractivity contribution in [1.82, 2.24) is 10.6 Å². The Morgan fingerprint density at radius 2 is 1.95 bits per heavy atom. The summed E-state index contributed by atoms with van der Waals surface area (Å²) in [5.74, 6) is -1.47. The van der Waals surface area contributed by atoms with Gasteiger partial charge in [-0.25, -0.2) is 4.39 Å². The Balaban J connectivity index is 2.31. The van der Waals surface area contributed by atoms with Crippen molar-refractivity contribution in [1.29, 1.82) is 0 Å². The number of carboxylic acid groups (broad SMARTS) is 1. The first-order valence-corrected chi connectivity index (χ1v) is 5.96. The second-order valence-electron chi connectivity index (χ2n) is 4.16. The molecule has 0 aromatic heterocycles. The predicted octanol–water partition coefficient (Wildman–Crippen LogP) is 1.07. The highest BCUT2D eigenvalue weighted by Crippen LogP contribution is 2.12. The molecular formula is C13H17FN2O3. The molecule has 0 aliphatic heterocycles. The van der Waals surface area contributed by atoms with Crippen molar-refractivity contribution in [3.63, 3.8) is 0 Å². The number of amides is 1. The fraction of sp³-hybridized carbons (Fsp3) is 0.385. The van der Waals surface area contributed by atoms with E-state index in [0.717, 1.165) is 5.56 Å². The van der Waals surface area contributed by atoms with E-state index in [4.69, 9.17) is 5.11 Å². The molecule has 19 heavy (non-hydrogen) atoms. The van der Waals surface area contributed by atoms with Crippen LogP contribution >= 0.6 is 0 Å². The molecule has 0 bridgehead atoms. The summed E-state index contributed by atoms with van der Waals surface area (Å²) in [7, 11) is 0. The van der Waals surface area contributed by atoms with Crippen molar-refractivity contribution < 1.29 is 19.1 Å². The standard InChI is InChI=1S/C13H17FN2O3/c1-9(10-2-4-11(14)5-3-10)16-12(17)8-15-7-6-13(18)19/h2-5,9,15H,6-8H2,1H3,(H,16,17)(H,18,19). The minimum Gasteiger partial charge on any atom is -0.481 e. The predicted molar refractivity (Wildman–Crippen MR) is 68.1 cm³/mol. The Morgan fingerprint density at radius 3 is 2.53 bits per heavy atom. The zero-order valence-electron chi connectivity index (χ0n) is 10.6. The number of carbonyl (C=O) groups excluding carboxylic acids is 1. The van der Waals surface area contributed by atoms with E-state index < -0.39 is 5.97 Å². The molecule has 0 radical (unpaired) electrons. The van der Waals surface area contributed by atoms with Crippen LogP contribution in [0.1, 0.15) is 24.9 Å². The van der Waals surface area contributed by atoms with E-state index in [-0.39, 0.29) is 37.3 Å².